The van der Waals surface area contributed by atoms with Gasteiger partial charge in [-0.15, -0.1) is 0 Å². The second-order valence-corrected chi connectivity index (χ2v) is 4.55. The van der Waals surface area contributed by atoms with Crippen molar-refractivity contribution in [2.75, 3.05) is 6.61 Å². The number of rotatable bonds is 5. The van der Waals surface area contributed by atoms with Crippen LogP contribution < -0.4 is 0 Å². The maximum atomic E-state index is 11.8. The van der Waals surface area contributed by atoms with Gasteiger partial charge in [0.2, 0.25) is 11.6 Å². The van der Waals surface area contributed by atoms with Gasteiger partial charge >= 0.3 is 0 Å². The normalized spacial score (nSPS) is 16.9. The zero-order chi connectivity index (χ0) is 13.0. The molecule has 0 aliphatic heterocycles. The summed E-state index contributed by atoms with van der Waals surface area (Å²) in [5, 5.41) is -0.344. The van der Waals surface area contributed by atoms with Crippen LogP contribution in [-0.2, 0) is 14.3 Å². The number of hydrogen-bond donors (Lipinski definition) is 0. The number of hydrogen-bond acceptors (Lipinski definition) is 3. The summed E-state index contributed by atoms with van der Waals surface area (Å²) in [4.78, 5) is 23.4. The van der Waals surface area contributed by atoms with Crippen LogP contribution in [0.5, 0.6) is 0 Å². The Labute approximate surface area is 110 Å². The van der Waals surface area contributed by atoms with Gasteiger partial charge in [0.05, 0.1) is 11.6 Å². The SMILES string of the molecule is CCCCCOC1=C(Cl)C(=O)C(Cl)=C(C)C1=O. The minimum absolute atomic E-state index is 0.0744. The van der Waals surface area contributed by atoms with Crippen LogP contribution in [0.2, 0.25) is 0 Å². The van der Waals surface area contributed by atoms with Gasteiger partial charge in [-0.1, -0.05) is 43.0 Å². The molecule has 0 bridgehead atoms. The van der Waals surface area contributed by atoms with Crippen molar-refractivity contribution in [1.82, 2.24) is 0 Å². The number of carbonyl (C=O) groups excluding carboxylic acids is 2. The van der Waals surface area contributed by atoms with Crippen molar-refractivity contribution in [3.63, 3.8) is 0 Å². The fraction of sp³-hybridized carbons (Fsp3) is 0.500. The van der Waals surface area contributed by atoms with Crippen LogP contribution in [0.15, 0.2) is 21.4 Å². The summed E-state index contributed by atoms with van der Waals surface area (Å²) in [5.41, 5.74) is 0.187. The topological polar surface area (TPSA) is 43.4 Å². The number of Topliss-reactive ketones (excluding diaryl/α,β-unsaturated/α-hetero) is 2. The van der Waals surface area contributed by atoms with Crippen LogP contribution in [0.3, 0.4) is 0 Å². The second-order valence-electron chi connectivity index (χ2n) is 3.80. The third-order valence-electron chi connectivity index (χ3n) is 2.47. The molecule has 0 amide bonds. The first-order valence-corrected chi connectivity index (χ1v) is 6.24. The largest absolute Gasteiger partial charge is 0.488 e. The Kier molecular flexibility index (Phi) is 5.22. The number of carbonyl (C=O) groups is 2. The first-order chi connectivity index (χ1) is 8.00. The van der Waals surface area contributed by atoms with Crippen molar-refractivity contribution >= 4 is 34.8 Å². The molecule has 0 fully saturated rings. The quantitative estimate of drug-likeness (QED) is 0.572. The molecule has 0 radical (unpaired) electrons. The molecule has 1 aliphatic rings. The highest BCUT2D eigenvalue weighted by molar-refractivity contribution is 6.58. The lowest BCUT2D eigenvalue weighted by molar-refractivity contribution is -0.118. The van der Waals surface area contributed by atoms with E-state index in [1.807, 2.05) is 0 Å². The third-order valence-corrected chi connectivity index (χ3v) is 3.27. The highest BCUT2D eigenvalue weighted by atomic mass is 35.5. The fourth-order valence-electron chi connectivity index (χ4n) is 1.39. The number of halogens is 2. The van der Waals surface area contributed by atoms with Crippen LogP contribution in [0.25, 0.3) is 0 Å². The zero-order valence-corrected chi connectivity index (χ0v) is 11.3. The molecule has 0 aromatic rings. The van der Waals surface area contributed by atoms with E-state index in [0.29, 0.717) is 6.61 Å². The van der Waals surface area contributed by atoms with Gasteiger partial charge in [-0.25, -0.2) is 0 Å². The molecule has 0 saturated heterocycles. The van der Waals surface area contributed by atoms with E-state index < -0.39 is 11.6 Å². The van der Waals surface area contributed by atoms with Crippen LogP contribution in [0.1, 0.15) is 33.1 Å². The second kappa shape index (κ2) is 6.22. The Hall–Kier alpha value is -0.800. The molecule has 3 nitrogen and oxygen atoms in total. The Balaban J connectivity index is 2.77. The van der Waals surface area contributed by atoms with Crippen LogP contribution in [0, 0.1) is 0 Å². The Morgan fingerprint density at radius 3 is 2.29 bits per heavy atom. The predicted octanol–water partition coefficient (Wildman–Crippen LogP) is 3.31. The van der Waals surface area contributed by atoms with E-state index in [2.05, 4.69) is 6.92 Å². The lowest BCUT2D eigenvalue weighted by Gasteiger charge is -2.16. The van der Waals surface area contributed by atoms with Crippen molar-refractivity contribution in [1.29, 1.82) is 0 Å². The molecule has 94 valence electrons. The average Bonchev–Trinajstić information content (AvgIpc) is 2.33. The molecular formula is C12H14Cl2O3. The van der Waals surface area contributed by atoms with Gasteiger partial charge in [0.15, 0.2) is 5.76 Å². The number of unbranched alkanes of at least 4 members (excludes halogenated alkanes) is 2. The van der Waals surface area contributed by atoms with Crippen molar-refractivity contribution in [2.45, 2.75) is 33.1 Å². The van der Waals surface area contributed by atoms with Crippen molar-refractivity contribution in [3.05, 3.63) is 21.4 Å². The summed E-state index contributed by atoms with van der Waals surface area (Å²) in [6.45, 7) is 3.93. The molecule has 0 aromatic carbocycles. The van der Waals surface area contributed by atoms with Gasteiger partial charge in [-0.2, -0.15) is 0 Å². The first kappa shape index (κ1) is 14.3. The van der Waals surface area contributed by atoms with E-state index in [1.54, 1.807) is 0 Å². The maximum absolute atomic E-state index is 11.8. The van der Waals surface area contributed by atoms with Crippen molar-refractivity contribution < 1.29 is 14.3 Å². The van der Waals surface area contributed by atoms with Crippen LogP contribution in [-0.4, -0.2) is 18.2 Å². The molecular weight excluding hydrogens is 263 g/mol. The monoisotopic (exact) mass is 276 g/mol. The lowest BCUT2D eigenvalue weighted by atomic mass is 10.0. The van der Waals surface area contributed by atoms with Crippen LogP contribution >= 0.6 is 23.2 Å². The van der Waals surface area contributed by atoms with E-state index >= 15 is 0 Å². The summed E-state index contributed by atoms with van der Waals surface area (Å²) in [6.07, 6.45) is 2.87. The number of ketones is 2. The average molecular weight is 277 g/mol. The minimum atomic E-state index is -0.545. The third kappa shape index (κ3) is 3.11. The summed E-state index contributed by atoms with van der Waals surface area (Å²) < 4.78 is 5.28. The van der Waals surface area contributed by atoms with E-state index in [-0.39, 0.29) is 21.4 Å². The number of allylic oxidation sites excluding steroid dienone is 3. The summed E-state index contributed by atoms with van der Waals surface area (Å²) in [5.74, 6) is -1.03. The van der Waals surface area contributed by atoms with Gasteiger partial charge in [0.1, 0.15) is 5.03 Å². The minimum Gasteiger partial charge on any atom is -0.488 e. The highest BCUT2D eigenvalue weighted by Crippen LogP contribution is 2.29. The Morgan fingerprint density at radius 2 is 1.71 bits per heavy atom. The molecule has 1 aliphatic carbocycles. The molecule has 5 heteroatoms. The summed E-state index contributed by atoms with van der Waals surface area (Å²) in [7, 11) is 0. The molecule has 0 aromatic heterocycles. The Morgan fingerprint density at radius 1 is 1.06 bits per heavy atom. The molecule has 0 atom stereocenters. The van der Waals surface area contributed by atoms with E-state index in [9.17, 15) is 9.59 Å². The first-order valence-electron chi connectivity index (χ1n) is 5.49. The maximum Gasteiger partial charge on any atom is 0.226 e. The lowest BCUT2D eigenvalue weighted by Crippen LogP contribution is -2.20. The molecule has 0 N–H and O–H groups in total. The zero-order valence-electron chi connectivity index (χ0n) is 9.81. The van der Waals surface area contributed by atoms with Gasteiger partial charge in [-0.05, 0) is 13.3 Å². The van der Waals surface area contributed by atoms with Gasteiger partial charge in [0.25, 0.3) is 0 Å². The smallest absolute Gasteiger partial charge is 0.226 e. The molecule has 1 rings (SSSR count). The molecule has 0 spiro atoms. The summed E-state index contributed by atoms with van der Waals surface area (Å²) in [6, 6.07) is 0. The Bertz CT molecular complexity index is 408. The standard InChI is InChI=1S/C12H14Cl2O3/c1-3-4-5-6-17-12-9(14)11(16)8(13)7(2)10(12)15/h3-6H2,1-2H3. The molecule has 17 heavy (non-hydrogen) atoms. The predicted molar refractivity (Wildman–Crippen MR) is 66.9 cm³/mol. The fourth-order valence-corrected chi connectivity index (χ4v) is 1.86. The summed E-state index contributed by atoms with van der Waals surface area (Å²) >= 11 is 11.5. The van der Waals surface area contributed by atoms with E-state index in [4.69, 9.17) is 27.9 Å². The van der Waals surface area contributed by atoms with E-state index in [1.165, 1.54) is 6.92 Å². The van der Waals surface area contributed by atoms with Crippen molar-refractivity contribution in [2.24, 2.45) is 0 Å². The van der Waals surface area contributed by atoms with E-state index in [0.717, 1.165) is 19.3 Å². The molecule has 0 unspecified atom stereocenters. The molecule has 0 heterocycles. The molecule has 0 saturated carbocycles. The van der Waals surface area contributed by atoms with Gasteiger partial charge in [-0.3, -0.25) is 9.59 Å². The highest BCUT2D eigenvalue weighted by Gasteiger charge is 2.32. The number of ether oxygens (including phenoxy) is 1. The van der Waals surface area contributed by atoms with Crippen LogP contribution in [0.4, 0.5) is 0 Å². The van der Waals surface area contributed by atoms with Crippen molar-refractivity contribution in [3.8, 4) is 0 Å². The van der Waals surface area contributed by atoms with Gasteiger partial charge < -0.3 is 4.74 Å². The van der Waals surface area contributed by atoms with Gasteiger partial charge in [0, 0.05) is 5.57 Å².